The van der Waals surface area contributed by atoms with Crippen LogP contribution in [0.3, 0.4) is 0 Å². The molecule has 1 heterocycles. The second kappa shape index (κ2) is 7.12. The van der Waals surface area contributed by atoms with E-state index in [1.165, 1.54) is 18.2 Å². The summed E-state index contributed by atoms with van der Waals surface area (Å²) in [5, 5.41) is 2.58. The summed E-state index contributed by atoms with van der Waals surface area (Å²) in [5.74, 6) is -0.915. The number of alkyl halides is 3. The highest BCUT2D eigenvalue weighted by atomic mass is 35.5. The molecule has 0 radical (unpaired) electrons. The number of halogens is 5. The molecule has 0 aliphatic carbocycles. The van der Waals surface area contributed by atoms with Gasteiger partial charge in [0, 0.05) is 6.04 Å². The number of hydrogen-bond donors (Lipinski definition) is 1. The minimum atomic E-state index is -4.84. The van der Waals surface area contributed by atoms with Crippen LogP contribution in [0.15, 0.2) is 24.5 Å². The maximum Gasteiger partial charge on any atom is 0.434 e. The van der Waals surface area contributed by atoms with E-state index in [-0.39, 0.29) is 27.2 Å². The number of carbonyl (C=O) groups is 1. The highest BCUT2D eigenvalue weighted by Gasteiger charge is 2.41. The van der Waals surface area contributed by atoms with Crippen molar-refractivity contribution in [2.75, 3.05) is 0 Å². The molecule has 142 valence electrons. The van der Waals surface area contributed by atoms with E-state index in [0.29, 0.717) is 4.57 Å². The third-order valence-corrected chi connectivity index (χ3v) is 4.69. The number of imidazole rings is 1. The first-order valence-corrected chi connectivity index (χ1v) is 8.49. The average Bonchev–Trinajstić information content (AvgIpc) is 2.90. The largest absolute Gasteiger partial charge is 0.434 e. The summed E-state index contributed by atoms with van der Waals surface area (Å²) in [6.45, 7) is 7.31. The smallest absolute Gasteiger partial charge is 0.348 e. The molecule has 9 heteroatoms. The van der Waals surface area contributed by atoms with Crippen LogP contribution in [0.25, 0.3) is 5.69 Å². The fraction of sp³-hybridized carbons (Fsp3) is 0.412. The van der Waals surface area contributed by atoms with Crippen LogP contribution < -0.4 is 5.32 Å². The first-order chi connectivity index (χ1) is 11.8. The van der Waals surface area contributed by atoms with E-state index >= 15 is 0 Å². The SMILES string of the molecule is CC(NC(=O)c1ncn(-c2c(Cl)cccc2Cl)c1C(F)(F)F)C(C)(C)C. The average molecular weight is 408 g/mol. The number of hydrogen-bond acceptors (Lipinski definition) is 2. The molecule has 2 aromatic rings. The van der Waals surface area contributed by atoms with Gasteiger partial charge in [0.2, 0.25) is 0 Å². The van der Waals surface area contributed by atoms with Gasteiger partial charge in [-0.05, 0) is 24.5 Å². The second-order valence-electron chi connectivity index (χ2n) is 6.94. The van der Waals surface area contributed by atoms with Gasteiger partial charge in [0.05, 0.1) is 15.7 Å². The van der Waals surface area contributed by atoms with Crippen molar-refractivity contribution in [3.63, 3.8) is 0 Å². The Morgan fingerprint density at radius 2 is 1.73 bits per heavy atom. The lowest BCUT2D eigenvalue weighted by atomic mass is 9.88. The fourth-order valence-electron chi connectivity index (χ4n) is 2.16. The molecule has 0 bridgehead atoms. The standard InChI is InChI=1S/C17H18Cl2F3N3O/c1-9(16(2,3)4)24-15(26)12-14(17(20,21)22)25(8-23-12)13-10(18)6-5-7-11(13)19/h5-9H,1-4H3,(H,24,26). The van der Waals surface area contributed by atoms with Gasteiger partial charge in [-0.2, -0.15) is 13.2 Å². The Morgan fingerprint density at radius 3 is 2.19 bits per heavy atom. The van der Waals surface area contributed by atoms with Crippen molar-refractivity contribution < 1.29 is 18.0 Å². The topological polar surface area (TPSA) is 46.9 Å². The Kier molecular flexibility index (Phi) is 5.63. The number of rotatable bonds is 3. The van der Waals surface area contributed by atoms with Crippen LogP contribution >= 0.6 is 23.2 Å². The van der Waals surface area contributed by atoms with Gasteiger partial charge in [0.15, 0.2) is 11.4 Å². The lowest BCUT2D eigenvalue weighted by Gasteiger charge is -2.28. The maximum absolute atomic E-state index is 13.7. The predicted molar refractivity (Wildman–Crippen MR) is 95.0 cm³/mol. The van der Waals surface area contributed by atoms with Crippen molar-refractivity contribution >= 4 is 29.1 Å². The molecule has 1 unspecified atom stereocenters. The summed E-state index contributed by atoms with van der Waals surface area (Å²) < 4.78 is 41.8. The molecule has 1 amide bonds. The van der Waals surface area contributed by atoms with Gasteiger partial charge in [0.1, 0.15) is 6.33 Å². The summed E-state index contributed by atoms with van der Waals surface area (Å²) in [4.78, 5) is 16.1. The van der Waals surface area contributed by atoms with Crippen molar-refractivity contribution in [3.05, 3.63) is 46.0 Å². The molecule has 0 aliphatic heterocycles. The Balaban J connectivity index is 2.57. The van der Waals surface area contributed by atoms with E-state index in [0.717, 1.165) is 6.33 Å². The molecule has 0 fully saturated rings. The maximum atomic E-state index is 13.7. The van der Waals surface area contributed by atoms with E-state index in [2.05, 4.69) is 10.3 Å². The van der Waals surface area contributed by atoms with Crippen LogP contribution in [0, 0.1) is 5.41 Å². The number of benzene rings is 1. The molecule has 0 aliphatic rings. The van der Waals surface area contributed by atoms with Gasteiger partial charge >= 0.3 is 6.18 Å². The molecule has 26 heavy (non-hydrogen) atoms. The zero-order chi connectivity index (χ0) is 19.9. The summed E-state index contributed by atoms with van der Waals surface area (Å²) in [5.41, 5.74) is -2.38. The summed E-state index contributed by atoms with van der Waals surface area (Å²) in [6.07, 6.45) is -3.94. The molecule has 1 aromatic carbocycles. The summed E-state index contributed by atoms with van der Waals surface area (Å²) >= 11 is 12.0. The Labute approximate surface area is 159 Å². The monoisotopic (exact) mass is 407 g/mol. The number of para-hydroxylation sites is 1. The lowest BCUT2D eigenvalue weighted by molar-refractivity contribution is -0.142. The van der Waals surface area contributed by atoms with Crippen molar-refractivity contribution in [2.24, 2.45) is 5.41 Å². The van der Waals surface area contributed by atoms with Crippen LogP contribution in [-0.2, 0) is 6.18 Å². The van der Waals surface area contributed by atoms with Gasteiger partial charge < -0.3 is 5.32 Å². The molecule has 0 saturated carbocycles. The normalized spacial score (nSPS) is 13.6. The van der Waals surface area contributed by atoms with Gasteiger partial charge in [-0.15, -0.1) is 0 Å². The van der Waals surface area contributed by atoms with E-state index in [1.807, 2.05) is 20.8 Å². The number of nitrogens with zero attached hydrogens (tertiary/aromatic N) is 2. The minimum absolute atomic E-state index is 0.00965. The van der Waals surface area contributed by atoms with E-state index in [4.69, 9.17) is 23.2 Å². The lowest BCUT2D eigenvalue weighted by Crippen LogP contribution is -2.42. The zero-order valence-corrected chi connectivity index (χ0v) is 16.1. The highest BCUT2D eigenvalue weighted by Crippen LogP contribution is 2.37. The third-order valence-electron chi connectivity index (χ3n) is 4.08. The van der Waals surface area contributed by atoms with E-state index in [1.54, 1.807) is 6.92 Å². The van der Waals surface area contributed by atoms with Crippen LogP contribution in [0.5, 0.6) is 0 Å². The molecule has 4 nitrogen and oxygen atoms in total. The van der Waals surface area contributed by atoms with E-state index in [9.17, 15) is 18.0 Å². The molecule has 1 aromatic heterocycles. The third kappa shape index (κ3) is 4.15. The number of nitrogens with one attached hydrogen (secondary N) is 1. The molecular formula is C17H18Cl2F3N3O. The summed E-state index contributed by atoms with van der Waals surface area (Å²) in [7, 11) is 0. The number of aromatic nitrogens is 2. The number of amides is 1. The van der Waals surface area contributed by atoms with Crippen molar-refractivity contribution in [2.45, 2.75) is 39.9 Å². The minimum Gasteiger partial charge on any atom is -0.348 e. The first-order valence-electron chi connectivity index (χ1n) is 7.73. The van der Waals surface area contributed by atoms with Gasteiger partial charge in [-0.3, -0.25) is 9.36 Å². The van der Waals surface area contributed by atoms with Gasteiger partial charge in [-0.25, -0.2) is 4.98 Å². The first kappa shape index (κ1) is 20.6. The van der Waals surface area contributed by atoms with Gasteiger partial charge in [0.25, 0.3) is 5.91 Å². The molecule has 0 saturated heterocycles. The van der Waals surface area contributed by atoms with Crippen LogP contribution in [0.4, 0.5) is 13.2 Å². The summed E-state index contributed by atoms with van der Waals surface area (Å²) in [6, 6.07) is 3.95. The zero-order valence-electron chi connectivity index (χ0n) is 14.6. The molecule has 1 atom stereocenters. The Morgan fingerprint density at radius 1 is 1.19 bits per heavy atom. The van der Waals surface area contributed by atoms with E-state index < -0.39 is 23.5 Å². The van der Waals surface area contributed by atoms with Crippen molar-refractivity contribution in [1.82, 2.24) is 14.9 Å². The van der Waals surface area contributed by atoms with Crippen LogP contribution in [-0.4, -0.2) is 21.5 Å². The highest BCUT2D eigenvalue weighted by molar-refractivity contribution is 6.37. The second-order valence-corrected chi connectivity index (χ2v) is 7.76. The van der Waals surface area contributed by atoms with Crippen molar-refractivity contribution in [1.29, 1.82) is 0 Å². The van der Waals surface area contributed by atoms with Crippen LogP contribution in [0.1, 0.15) is 43.9 Å². The fourth-order valence-corrected chi connectivity index (χ4v) is 2.74. The molecule has 2 rings (SSSR count). The molecular weight excluding hydrogens is 390 g/mol. The molecule has 1 N–H and O–H groups in total. The molecule has 0 spiro atoms. The number of carbonyl (C=O) groups excluding carboxylic acids is 1. The van der Waals surface area contributed by atoms with Gasteiger partial charge in [-0.1, -0.05) is 50.0 Å². The predicted octanol–water partition coefficient (Wildman–Crippen LogP) is 5.36. The van der Waals surface area contributed by atoms with Crippen molar-refractivity contribution in [3.8, 4) is 5.69 Å². The van der Waals surface area contributed by atoms with Crippen LogP contribution in [0.2, 0.25) is 10.0 Å². The Bertz CT molecular complexity index is 805. The Hall–Kier alpha value is -1.73. The quantitative estimate of drug-likeness (QED) is 0.743.